The van der Waals surface area contributed by atoms with E-state index < -0.39 is 5.97 Å². The summed E-state index contributed by atoms with van der Waals surface area (Å²) in [7, 11) is 0. The molecule has 0 fully saturated rings. The fourth-order valence-electron chi connectivity index (χ4n) is 1.35. The van der Waals surface area contributed by atoms with E-state index in [0.29, 0.717) is 23.7 Å². The zero-order chi connectivity index (χ0) is 13.5. The van der Waals surface area contributed by atoms with Crippen molar-refractivity contribution in [2.75, 3.05) is 18.5 Å². The first kappa shape index (κ1) is 14.5. The summed E-state index contributed by atoms with van der Waals surface area (Å²) in [5.41, 5.74) is 0.408. The fraction of sp³-hybridized carbons (Fsp3) is 0.500. The highest BCUT2D eigenvalue weighted by Gasteiger charge is 2.17. The SMILES string of the molecule is CCCNC(=O)Nc1sc(C)cc1C(=O)OCC. The zero-order valence-corrected chi connectivity index (χ0v) is 11.6. The van der Waals surface area contributed by atoms with Gasteiger partial charge in [0, 0.05) is 11.4 Å². The van der Waals surface area contributed by atoms with Crippen molar-refractivity contribution >= 4 is 28.3 Å². The molecule has 0 saturated heterocycles. The highest BCUT2D eigenvalue weighted by atomic mass is 32.1. The van der Waals surface area contributed by atoms with E-state index >= 15 is 0 Å². The fourth-order valence-corrected chi connectivity index (χ4v) is 2.25. The van der Waals surface area contributed by atoms with Crippen molar-refractivity contribution in [2.24, 2.45) is 0 Å². The van der Waals surface area contributed by atoms with Crippen LogP contribution in [0.3, 0.4) is 0 Å². The average molecular weight is 270 g/mol. The van der Waals surface area contributed by atoms with Crippen molar-refractivity contribution in [1.29, 1.82) is 0 Å². The molecule has 0 atom stereocenters. The Morgan fingerprint density at radius 3 is 2.72 bits per heavy atom. The average Bonchev–Trinajstić information content (AvgIpc) is 2.68. The van der Waals surface area contributed by atoms with Crippen LogP contribution in [0, 0.1) is 6.92 Å². The number of thiophene rings is 1. The van der Waals surface area contributed by atoms with E-state index in [1.54, 1.807) is 13.0 Å². The molecule has 0 aromatic carbocycles. The summed E-state index contributed by atoms with van der Waals surface area (Å²) in [6, 6.07) is 1.42. The lowest BCUT2D eigenvalue weighted by molar-refractivity contribution is 0.0528. The Kier molecular flexibility index (Phi) is 5.64. The molecule has 2 amide bonds. The first-order valence-electron chi connectivity index (χ1n) is 5.90. The van der Waals surface area contributed by atoms with Gasteiger partial charge in [-0.25, -0.2) is 9.59 Å². The third kappa shape index (κ3) is 4.03. The van der Waals surface area contributed by atoms with Crippen LogP contribution in [0.2, 0.25) is 0 Å². The number of hydrogen-bond acceptors (Lipinski definition) is 4. The second-order valence-electron chi connectivity index (χ2n) is 3.70. The molecule has 0 aliphatic carbocycles. The minimum absolute atomic E-state index is 0.302. The van der Waals surface area contributed by atoms with E-state index in [4.69, 9.17) is 4.74 Å². The topological polar surface area (TPSA) is 67.4 Å². The smallest absolute Gasteiger partial charge is 0.341 e. The van der Waals surface area contributed by atoms with Gasteiger partial charge in [-0.1, -0.05) is 6.92 Å². The number of amides is 2. The van der Waals surface area contributed by atoms with Gasteiger partial charge in [0.25, 0.3) is 0 Å². The molecule has 1 rings (SSSR count). The molecule has 18 heavy (non-hydrogen) atoms. The molecule has 6 heteroatoms. The molecule has 0 spiro atoms. The molecule has 1 heterocycles. The second-order valence-corrected chi connectivity index (χ2v) is 4.96. The Morgan fingerprint density at radius 1 is 1.39 bits per heavy atom. The monoisotopic (exact) mass is 270 g/mol. The van der Waals surface area contributed by atoms with Crippen LogP contribution in [0.1, 0.15) is 35.5 Å². The van der Waals surface area contributed by atoms with Crippen molar-refractivity contribution in [2.45, 2.75) is 27.2 Å². The minimum atomic E-state index is -0.410. The van der Waals surface area contributed by atoms with Gasteiger partial charge in [-0.3, -0.25) is 5.32 Å². The van der Waals surface area contributed by atoms with E-state index in [2.05, 4.69) is 10.6 Å². The summed E-state index contributed by atoms with van der Waals surface area (Å²) < 4.78 is 4.94. The molecule has 0 unspecified atom stereocenters. The van der Waals surface area contributed by atoms with E-state index in [0.717, 1.165) is 11.3 Å². The first-order valence-corrected chi connectivity index (χ1v) is 6.72. The Balaban J connectivity index is 2.75. The molecule has 0 aliphatic rings. The van der Waals surface area contributed by atoms with Crippen LogP contribution in [0.5, 0.6) is 0 Å². The predicted molar refractivity (Wildman–Crippen MR) is 72.3 cm³/mol. The maximum atomic E-state index is 11.7. The normalized spacial score (nSPS) is 9.94. The van der Waals surface area contributed by atoms with Crippen molar-refractivity contribution in [3.63, 3.8) is 0 Å². The molecule has 0 saturated carbocycles. The van der Waals surface area contributed by atoms with Crippen LogP contribution in [0.25, 0.3) is 0 Å². The molecule has 0 bridgehead atoms. The van der Waals surface area contributed by atoms with Gasteiger partial charge in [0.15, 0.2) is 0 Å². The Bertz CT molecular complexity index is 429. The third-order valence-electron chi connectivity index (χ3n) is 2.11. The van der Waals surface area contributed by atoms with Crippen molar-refractivity contribution in [3.05, 3.63) is 16.5 Å². The Labute approximate surface area is 111 Å². The summed E-state index contributed by atoms with van der Waals surface area (Å²) in [6.07, 6.45) is 0.863. The number of nitrogens with one attached hydrogen (secondary N) is 2. The molecule has 100 valence electrons. The van der Waals surface area contributed by atoms with E-state index in [-0.39, 0.29) is 6.03 Å². The number of carbonyl (C=O) groups is 2. The summed E-state index contributed by atoms with van der Waals surface area (Å²) in [4.78, 5) is 24.2. The van der Waals surface area contributed by atoms with Crippen LogP contribution in [-0.2, 0) is 4.74 Å². The lowest BCUT2D eigenvalue weighted by atomic mass is 10.3. The third-order valence-corrected chi connectivity index (χ3v) is 3.08. The molecule has 5 nitrogen and oxygen atoms in total. The van der Waals surface area contributed by atoms with E-state index in [1.165, 1.54) is 11.3 Å². The molecular weight excluding hydrogens is 252 g/mol. The van der Waals surface area contributed by atoms with Crippen molar-refractivity contribution in [3.8, 4) is 0 Å². The quantitative estimate of drug-likeness (QED) is 0.808. The van der Waals surface area contributed by atoms with Crippen LogP contribution >= 0.6 is 11.3 Å². The van der Waals surface area contributed by atoms with Gasteiger partial charge in [0.05, 0.1) is 12.2 Å². The number of aryl methyl sites for hydroxylation is 1. The summed E-state index contributed by atoms with van der Waals surface area (Å²) in [5.74, 6) is -0.410. The summed E-state index contributed by atoms with van der Waals surface area (Å²) in [5, 5.41) is 5.89. The van der Waals surface area contributed by atoms with Crippen LogP contribution in [0.15, 0.2) is 6.07 Å². The van der Waals surface area contributed by atoms with Gasteiger partial charge in [-0.15, -0.1) is 11.3 Å². The van der Waals surface area contributed by atoms with Gasteiger partial charge >= 0.3 is 12.0 Å². The standard InChI is InChI=1S/C12H18N2O3S/c1-4-6-13-12(16)14-10-9(7-8(3)18-10)11(15)17-5-2/h7H,4-6H2,1-3H3,(H2,13,14,16). The van der Waals surface area contributed by atoms with Crippen molar-refractivity contribution < 1.29 is 14.3 Å². The van der Waals surface area contributed by atoms with Crippen LogP contribution < -0.4 is 10.6 Å². The Morgan fingerprint density at radius 2 is 2.11 bits per heavy atom. The van der Waals surface area contributed by atoms with Crippen molar-refractivity contribution in [1.82, 2.24) is 5.32 Å². The molecule has 1 aromatic heterocycles. The number of esters is 1. The number of carbonyl (C=O) groups excluding carboxylic acids is 2. The number of rotatable bonds is 5. The Hall–Kier alpha value is -1.56. The predicted octanol–water partition coefficient (Wildman–Crippen LogP) is 2.76. The largest absolute Gasteiger partial charge is 0.462 e. The number of urea groups is 1. The minimum Gasteiger partial charge on any atom is -0.462 e. The van der Waals surface area contributed by atoms with Gasteiger partial charge in [-0.2, -0.15) is 0 Å². The lowest BCUT2D eigenvalue weighted by Gasteiger charge is -2.06. The van der Waals surface area contributed by atoms with Gasteiger partial charge < -0.3 is 10.1 Å². The zero-order valence-electron chi connectivity index (χ0n) is 10.8. The number of ether oxygens (including phenoxy) is 1. The lowest BCUT2D eigenvalue weighted by Crippen LogP contribution is -2.29. The van der Waals surface area contributed by atoms with Gasteiger partial charge in [-0.05, 0) is 26.3 Å². The second kappa shape index (κ2) is 7.00. The maximum Gasteiger partial charge on any atom is 0.341 e. The maximum absolute atomic E-state index is 11.7. The van der Waals surface area contributed by atoms with E-state index in [9.17, 15) is 9.59 Å². The molecule has 0 radical (unpaired) electrons. The first-order chi connectivity index (χ1) is 8.58. The molecule has 0 aliphatic heterocycles. The molecule has 1 aromatic rings. The highest BCUT2D eigenvalue weighted by Crippen LogP contribution is 2.28. The number of anilines is 1. The van der Waals surface area contributed by atoms with Crippen LogP contribution in [0.4, 0.5) is 9.80 Å². The highest BCUT2D eigenvalue weighted by molar-refractivity contribution is 7.16. The summed E-state index contributed by atoms with van der Waals surface area (Å²) >= 11 is 1.36. The van der Waals surface area contributed by atoms with E-state index in [1.807, 2.05) is 13.8 Å². The van der Waals surface area contributed by atoms with Crippen LogP contribution in [-0.4, -0.2) is 25.2 Å². The van der Waals surface area contributed by atoms with Gasteiger partial charge in [0.1, 0.15) is 5.00 Å². The number of hydrogen-bond donors (Lipinski definition) is 2. The summed E-state index contributed by atoms with van der Waals surface area (Å²) in [6.45, 7) is 6.51. The molecule has 2 N–H and O–H groups in total. The molecular formula is C12H18N2O3S. The van der Waals surface area contributed by atoms with Gasteiger partial charge in [0.2, 0.25) is 0 Å².